The van der Waals surface area contributed by atoms with Gasteiger partial charge in [-0.05, 0) is 30.7 Å². The number of aromatic amines is 1. The lowest BCUT2D eigenvalue weighted by atomic mass is 10.1. The van der Waals surface area contributed by atoms with Crippen LogP contribution < -0.4 is 16.6 Å². The quantitative estimate of drug-likeness (QED) is 0.475. The van der Waals surface area contributed by atoms with E-state index in [9.17, 15) is 4.79 Å². The molecule has 5 N–H and O–H groups in total. The van der Waals surface area contributed by atoms with Crippen molar-refractivity contribution in [1.29, 1.82) is 0 Å². The molecule has 100 valence electrons. The topological polar surface area (TPSA) is 95.8 Å². The highest BCUT2D eigenvalue weighted by Gasteiger charge is 2.08. The highest BCUT2D eigenvalue weighted by atomic mass is 16.1. The van der Waals surface area contributed by atoms with Gasteiger partial charge in [0.05, 0.1) is 6.33 Å². The number of rotatable bonds is 5. The summed E-state index contributed by atoms with van der Waals surface area (Å²) >= 11 is 0. The van der Waals surface area contributed by atoms with Crippen molar-refractivity contribution in [3.8, 4) is 0 Å². The summed E-state index contributed by atoms with van der Waals surface area (Å²) in [6.45, 7) is 2.45. The van der Waals surface area contributed by atoms with Gasteiger partial charge in [-0.15, -0.1) is 0 Å². The average Bonchev–Trinajstić information content (AvgIpc) is 2.91. The summed E-state index contributed by atoms with van der Waals surface area (Å²) in [4.78, 5) is 18.9. The van der Waals surface area contributed by atoms with Crippen LogP contribution in [0, 0.1) is 6.92 Å². The third-order valence-electron chi connectivity index (χ3n) is 2.87. The van der Waals surface area contributed by atoms with E-state index < -0.39 is 0 Å². The molecule has 0 aliphatic carbocycles. The molecule has 0 bridgehead atoms. The Bertz CT molecular complexity index is 550. The zero-order chi connectivity index (χ0) is 13.7. The number of anilines is 1. The number of aryl methyl sites for hydroxylation is 1. The number of aromatic nitrogens is 2. The second-order valence-corrected chi connectivity index (χ2v) is 4.26. The second kappa shape index (κ2) is 6.01. The van der Waals surface area contributed by atoms with Gasteiger partial charge < -0.3 is 15.7 Å². The smallest absolute Gasteiger partial charge is 0.251 e. The SMILES string of the molecule is Cc1cc(NN)ccc1C(=O)NCCc1cnc[nH]1. The highest BCUT2D eigenvalue weighted by molar-refractivity contribution is 5.96. The van der Waals surface area contributed by atoms with Crippen LogP contribution >= 0.6 is 0 Å². The summed E-state index contributed by atoms with van der Waals surface area (Å²) in [5.74, 6) is 5.24. The predicted octanol–water partition coefficient (Wildman–Crippen LogP) is 0.976. The number of nitrogens with one attached hydrogen (secondary N) is 3. The lowest BCUT2D eigenvalue weighted by Crippen LogP contribution is -2.26. The molecule has 0 fully saturated rings. The van der Waals surface area contributed by atoms with Crippen molar-refractivity contribution in [3.63, 3.8) is 0 Å². The Morgan fingerprint density at radius 2 is 2.32 bits per heavy atom. The van der Waals surface area contributed by atoms with Crippen LogP contribution in [0.2, 0.25) is 0 Å². The van der Waals surface area contributed by atoms with Crippen molar-refractivity contribution in [3.05, 3.63) is 47.5 Å². The first-order chi connectivity index (χ1) is 9.20. The molecule has 0 saturated carbocycles. The molecule has 6 heteroatoms. The van der Waals surface area contributed by atoms with E-state index >= 15 is 0 Å². The minimum Gasteiger partial charge on any atom is -0.352 e. The largest absolute Gasteiger partial charge is 0.352 e. The van der Waals surface area contributed by atoms with Gasteiger partial charge in [0.25, 0.3) is 5.91 Å². The molecule has 1 aromatic carbocycles. The van der Waals surface area contributed by atoms with Gasteiger partial charge in [0, 0.05) is 36.1 Å². The zero-order valence-corrected chi connectivity index (χ0v) is 10.7. The fraction of sp³-hybridized carbons (Fsp3) is 0.231. The van der Waals surface area contributed by atoms with E-state index in [1.54, 1.807) is 24.7 Å². The monoisotopic (exact) mass is 259 g/mol. The maximum Gasteiger partial charge on any atom is 0.251 e. The van der Waals surface area contributed by atoms with Gasteiger partial charge in [0.2, 0.25) is 0 Å². The normalized spacial score (nSPS) is 10.2. The Morgan fingerprint density at radius 3 is 2.95 bits per heavy atom. The van der Waals surface area contributed by atoms with Gasteiger partial charge in [0.15, 0.2) is 0 Å². The van der Waals surface area contributed by atoms with Gasteiger partial charge in [0.1, 0.15) is 0 Å². The van der Waals surface area contributed by atoms with Gasteiger partial charge in [-0.2, -0.15) is 0 Å². The molecule has 1 aromatic heterocycles. The maximum absolute atomic E-state index is 12.0. The standard InChI is InChI=1S/C13H17N5O/c1-9-6-10(18-14)2-3-12(9)13(19)16-5-4-11-7-15-8-17-11/h2-3,6-8,18H,4-5,14H2,1H3,(H,15,17)(H,16,19). The van der Waals surface area contributed by atoms with E-state index in [1.165, 1.54) is 0 Å². The summed E-state index contributed by atoms with van der Waals surface area (Å²) in [6.07, 6.45) is 4.10. The molecule has 2 rings (SSSR count). The van der Waals surface area contributed by atoms with E-state index in [2.05, 4.69) is 20.7 Å². The minimum atomic E-state index is -0.0828. The van der Waals surface area contributed by atoms with Crippen molar-refractivity contribution in [1.82, 2.24) is 15.3 Å². The maximum atomic E-state index is 12.0. The van der Waals surface area contributed by atoms with Crippen molar-refractivity contribution in [2.45, 2.75) is 13.3 Å². The summed E-state index contributed by atoms with van der Waals surface area (Å²) < 4.78 is 0. The summed E-state index contributed by atoms with van der Waals surface area (Å²) in [5, 5.41) is 2.88. The zero-order valence-electron chi connectivity index (χ0n) is 10.7. The molecule has 0 aliphatic heterocycles. The lowest BCUT2D eigenvalue weighted by molar-refractivity contribution is 0.0953. The van der Waals surface area contributed by atoms with E-state index in [1.807, 2.05) is 13.0 Å². The molecule has 0 unspecified atom stereocenters. The summed E-state index contributed by atoms with van der Waals surface area (Å²) in [7, 11) is 0. The molecule has 0 spiro atoms. The number of benzene rings is 1. The van der Waals surface area contributed by atoms with Crippen LogP contribution in [0.25, 0.3) is 0 Å². The summed E-state index contributed by atoms with van der Waals surface area (Å²) in [6, 6.07) is 5.37. The number of amides is 1. The predicted molar refractivity (Wildman–Crippen MR) is 73.6 cm³/mol. The molecule has 19 heavy (non-hydrogen) atoms. The van der Waals surface area contributed by atoms with Crippen LogP contribution in [0.1, 0.15) is 21.6 Å². The fourth-order valence-electron chi connectivity index (χ4n) is 1.84. The third kappa shape index (κ3) is 3.32. The molecule has 2 aromatic rings. The van der Waals surface area contributed by atoms with Crippen LogP contribution in [0.5, 0.6) is 0 Å². The molecule has 0 atom stereocenters. The highest BCUT2D eigenvalue weighted by Crippen LogP contribution is 2.14. The Kier molecular flexibility index (Phi) is 4.15. The van der Waals surface area contributed by atoms with E-state index in [0.29, 0.717) is 12.1 Å². The van der Waals surface area contributed by atoms with Gasteiger partial charge in [-0.25, -0.2) is 4.98 Å². The number of nitrogens with zero attached hydrogens (tertiary/aromatic N) is 1. The number of nitrogen functional groups attached to an aromatic ring is 1. The van der Waals surface area contributed by atoms with Crippen molar-refractivity contribution < 1.29 is 4.79 Å². The number of H-pyrrole nitrogens is 1. The van der Waals surface area contributed by atoms with Crippen LogP contribution in [-0.4, -0.2) is 22.4 Å². The lowest BCUT2D eigenvalue weighted by Gasteiger charge is -2.09. The molecular weight excluding hydrogens is 242 g/mol. The van der Waals surface area contributed by atoms with Gasteiger partial charge in [-0.3, -0.25) is 10.6 Å². The second-order valence-electron chi connectivity index (χ2n) is 4.26. The minimum absolute atomic E-state index is 0.0828. The van der Waals surface area contributed by atoms with Crippen LogP contribution in [0.15, 0.2) is 30.7 Å². The van der Waals surface area contributed by atoms with Crippen molar-refractivity contribution in [2.24, 2.45) is 5.84 Å². The van der Waals surface area contributed by atoms with Crippen molar-refractivity contribution >= 4 is 11.6 Å². The Labute approximate surface area is 111 Å². The number of hydrogen-bond acceptors (Lipinski definition) is 4. The number of carbonyl (C=O) groups excluding carboxylic acids is 1. The average molecular weight is 259 g/mol. The number of hydrogen-bond donors (Lipinski definition) is 4. The van der Waals surface area contributed by atoms with Crippen LogP contribution in [-0.2, 0) is 6.42 Å². The molecule has 0 aliphatic rings. The molecule has 1 heterocycles. The first-order valence-electron chi connectivity index (χ1n) is 6.03. The Hall–Kier alpha value is -2.34. The van der Waals surface area contributed by atoms with E-state index in [0.717, 1.165) is 23.4 Å². The number of carbonyl (C=O) groups is 1. The van der Waals surface area contributed by atoms with Crippen LogP contribution in [0.4, 0.5) is 5.69 Å². The number of nitrogens with two attached hydrogens (primary N) is 1. The molecule has 6 nitrogen and oxygen atoms in total. The Balaban J connectivity index is 1.92. The van der Waals surface area contributed by atoms with Gasteiger partial charge >= 0.3 is 0 Å². The molecule has 0 radical (unpaired) electrons. The number of hydrazine groups is 1. The third-order valence-corrected chi connectivity index (χ3v) is 2.87. The van der Waals surface area contributed by atoms with E-state index in [4.69, 9.17) is 5.84 Å². The fourth-order valence-corrected chi connectivity index (χ4v) is 1.84. The molecule has 0 saturated heterocycles. The van der Waals surface area contributed by atoms with Gasteiger partial charge in [-0.1, -0.05) is 0 Å². The van der Waals surface area contributed by atoms with Crippen LogP contribution in [0.3, 0.4) is 0 Å². The first-order valence-corrected chi connectivity index (χ1v) is 6.03. The van der Waals surface area contributed by atoms with E-state index in [-0.39, 0.29) is 5.91 Å². The summed E-state index contributed by atoms with van der Waals surface area (Å²) in [5.41, 5.74) is 5.88. The first kappa shape index (κ1) is 13.1. The Morgan fingerprint density at radius 1 is 1.47 bits per heavy atom. The number of imidazole rings is 1. The molecular formula is C13H17N5O. The molecule has 1 amide bonds. The van der Waals surface area contributed by atoms with Crippen molar-refractivity contribution in [2.75, 3.05) is 12.0 Å².